The van der Waals surface area contributed by atoms with Gasteiger partial charge in [0.1, 0.15) is 11.5 Å². The van der Waals surface area contributed by atoms with Crippen molar-refractivity contribution in [2.45, 2.75) is 13.3 Å². The van der Waals surface area contributed by atoms with Gasteiger partial charge in [0, 0.05) is 17.0 Å². The Bertz CT molecular complexity index is 948. The number of amides is 1. The summed E-state index contributed by atoms with van der Waals surface area (Å²) in [6, 6.07) is 15.3. The van der Waals surface area contributed by atoms with Crippen molar-refractivity contribution in [1.82, 2.24) is 4.98 Å². The van der Waals surface area contributed by atoms with E-state index < -0.39 is 0 Å². The SMILES string of the molecule is CCCOc1cccc(/C=C/C(=O)Nc2nc(-c3ccc(OC)cc3)cs2)c1. The first-order valence-corrected chi connectivity index (χ1v) is 9.88. The lowest BCUT2D eigenvalue weighted by Crippen LogP contribution is -2.07. The number of thiazole rings is 1. The number of benzene rings is 2. The number of hydrogen-bond acceptors (Lipinski definition) is 5. The number of hydrogen-bond donors (Lipinski definition) is 1. The number of nitrogens with zero attached hydrogens (tertiary/aromatic N) is 1. The second kappa shape index (κ2) is 9.71. The summed E-state index contributed by atoms with van der Waals surface area (Å²) in [4.78, 5) is 16.7. The van der Waals surface area contributed by atoms with E-state index in [2.05, 4.69) is 17.2 Å². The molecule has 28 heavy (non-hydrogen) atoms. The van der Waals surface area contributed by atoms with Crippen molar-refractivity contribution in [1.29, 1.82) is 0 Å². The Hall–Kier alpha value is -3.12. The largest absolute Gasteiger partial charge is 0.497 e. The first-order chi connectivity index (χ1) is 13.7. The highest BCUT2D eigenvalue weighted by Gasteiger charge is 2.07. The average molecular weight is 394 g/mol. The van der Waals surface area contributed by atoms with Crippen molar-refractivity contribution in [3.05, 3.63) is 65.6 Å². The maximum atomic E-state index is 12.2. The molecule has 1 heterocycles. The van der Waals surface area contributed by atoms with Crippen molar-refractivity contribution in [2.75, 3.05) is 19.0 Å². The number of aromatic nitrogens is 1. The van der Waals surface area contributed by atoms with Gasteiger partial charge in [-0.05, 0) is 54.5 Å². The van der Waals surface area contributed by atoms with Crippen LogP contribution in [0.2, 0.25) is 0 Å². The molecular weight excluding hydrogens is 372 g/mol. The third-order valence-electron chi connectivity index (χ3n) is 3.88. The maximum Gasteiger partial charge on any atom is 0.250 e. The van der Waals surface area contributed by atoms with Crippen LogP contribution in [0, 0.1) is 0 Å². The average Bonchev–Trinajstić information content (AvgIpc) is 3.19. The van der Waals surface area contributed by atoms with Crippen LogP contribution in [0.1, 0.15) is 18.9 Å². The summed E-state index contributed by atoms with van der Waals surface area (Å²) in [5, 5.41) is 5.27. The third kappa shape index (κ3) is 5.44. The second-order valence-electron chi connectivity index (χ2n) is 6.01. The van der Waals surface area contributed by atoms with E-state index >= 15 is 0 Å². The molecule has 1 aromatic heterocycles. The van der Waals surface area contributed by atoms with Gasteiger partial charge in [0.2, 0.25) is 5.91 Å². The van der Waals surface area contributed by atoms with Crippen LogP contribution >= 0.6 is 11.3 Å². The van der Waals surface area contributed by atoms with Crippen molar-refractivity contribution in [3.63, 3.8) is 0 Å². The van der Waals surface area contributed by atoms with Crippen LogP contribution in [0.5, 0.6) is 11.5 Å². The van der Waals surface area contributed by atoms with Crippen LogP contribution in [0.25, 0.3) is 17.3 Å². The third-order valence-corrected chi connectivity index (χ3v) is 4.64. The van der Waals surface area contributed by atoms with Crippen LogP contribution in [-0.2, 0) is 4.79 Å². The van der Waals surface area contributed by atoms with Crippen molar-refractivity contribution in [2.24, 2.45) is 0 Å². The van der Waals surface area contributed by atoms with Crippen LogP contribution in [0.3, 0.4) is 0 Å². The Balaban J connectivity index is 1.60. The fraction of sp³-hybridized carbons (Fsp3) is 0.182. The minimum absolute atomic E-state index is 0.226. The highest BCUT2D eigenvalue weighted by atomic mass is 32.1. The Morgan fingerprint density at radius 2 is 2.00 bits per heavy atom. The molecule has 3 rings (SSSR count). The van der Waals surface area contributed by atoms with Crippen molar-refractivity contribution >= 4 is 28.5 Å². The summed E-state index contributed by atoms with van der Waals surface area (Å²) >= 11 is 1.39. The van der Waals surface area contributed by atoms with Gasteiger partial charge in [-0.15, -0.1) is 11.3 Å². The van der Waals surface area contributed by atoms with Gasteiger partial charge in [0.15, 0.2) is 5.13 Å². The van der Waals surface area contributed by atoms with Gasteiger partial charge in [-0.25, -0.2) is 4.98 Å². The van der Waals surface area contributed by atoms with E-state index in [0.29, 0.717) is 11.7 Å². The van der Waals surface area contributed by atoms with Crippen molar-refractivity contribution in [3.8, 4) is 22.8 Å². The molecule has 0 aliphatic carbocycles. The highest BCUT2D eigenvalue weighted by molar-refractivity contribution is 7.14. The van der Waals surface area contributed by atoms with E-state index in [9.17, 15) is 4.79 Å². The molecule has 6 heteroatoms. The van der Waals surface area contributed by atoms with Crippen LogP contribution < -0.4 is 14.8 Å². The Morgan fingerprint density at radius 1 is 1.18 bits per heavy atom. The first kappa shape index (κ1) is 19.6. The second-order valence-corrected chi connectivity index (χ2v) is 6.87. The van der Waals surface area contributed by atoms with Gasteiger partial charge in [-0.3, -0.25) is 10.1 Å². The molecule has 0 spiro atoms. The smallest absolute Gasteiger partial charge is 0.250 e. The first-order valence-electron chi connectivity index (χ1n) is 9.00. The summed E-state index contributed by atoms with van der Waals surface area (Å²) in [6.07, 6.45) is 4.20. The minimum Gasteiger partial charge on any atom is -0.497 e. The number of methoxy groups -OCH3 is 1. The number of nitrogens with one attached hydrogen (secondary N) is 1. The molecule has 0 radical (unpaired) electrons. The molecule has 0 aliphatic heterocycles. The lowest BCUT2D eigenvalue weighted by molar-refractivity contribution is -0.111. The fourth-order valence-corrected chi connectivity index (χ4v) is 3.20. The number of carbonyl (C=O) groups excluding carboxylic acids is 1. The molecular formula is C22H22N2O3S. The molecule has 1 amide bonds. The number of anilines is 1. The standard InChI is InChI=1S/C22H22N2O3S/c1-3-13-27-19-6-4-5-16(14-19)7-12-21(25)24-22-23-20(15-28-22)17-8-10-18(26-2)11-9-17/h4-12,14-15H,3,13H2,1-2H3,(H,23,24,25)/b12-7+. The zero-order valence-electron chi connectivity index (χ0n) is 15.8. The van der Waals surface area contributed by atoms with Gasteiger partial charge in [-0.2, -0.15) is 0 Å². The zero-order chi connectivity index (χ0) is 19.8. The van der Waals surface area contributed by atoms with Crippen LogP contribution in [-0.4, -0.2) is 24.6 Å². The lowest BCUT2D eigenvalue weighted by Gasteiger charge is -2.04. The van der Waals surface area contributed by atoms with E-state index in [1.54, 1.807) is 13.2 Å². The van der Waals surface area contributed by atoms with Gasteiger partial charge in [-0.1, -0.05) is 19.1 Å². The number of carbonyl (C=O) groups is 1. The summed E-state index contributed by atoms with van der Waals surface area (Å²) in [6.45, 7) is 2.74. The fourth-order valence-electron chi connectivity index (χ4n) is 2.47. The summed E-state index contributed by atoms with van der Waals surface area (Å²) in [5.41, 5.74) is 2.69. The zero-order valence-corrected chi connectivity index (χ0v) is 16.7. The molecule has 0 atom stereocenters. The summed E-state index contributed by atoms with van der Waals surface area (Å²) in [7, 11) is 1.63. The van der Waals surface area contributed by atoms with Gasteiger partial charge >= 0.3 is 0 Å². The Morgan fingerprint density at radius 3 is 2.75 bits per heavy atom. The van der Waals surface area contributed by atoms with E-state index in [0.717, 1.165) is 34.7 Å². The van der Waals surface area contributed by atoms with E-state index in [1.807, 2.05) is 53.9 Å². The van der Waals surface area contributed by atoms with Crippen LogP contribution in [0.15, 0.2) is 60.0 Å². The monoisotopic (exact) mass is 394 g/mol. The molecule has 5 nitrogen and oxygen atoms in total. The van der Waals surface area contributed by atoms with Gasteiger partial charge < -0.3 is 9.47 Å². The molecule has 0 saturated heterocycles. The Kier molecular flexibility index (Phi) is 6.81. The molecule has 0 bridgehead atoms. The predicted molar refractivity (Wildman–Crippen MR) is 114 cm³/mol. The molecule has 3 aromatic rings. The maximum absolute atomic E-state index is 12.2. The summed E-state index contributed by atoms with van der Waals surface area (Å²) < 4.78 is 10.8. The van der Waals surface area contributed by atoms with Crippen LogP contribution in [0.4, 0.5) is 5.13 Å². The van der Waals surface area contributed by atoms with E-state index in [1.165, 1.54) is 17.4 Å². The normalized spacial score (nSPS) is 10.8. The topological polar surface area (TPSA) is 60.5 Å². The molecule has 0 aliphatic rings. The quantitative estimate of drug-likeness (QED) is 0.530. The molecule has 0 fully saturated rings. The Labute approximate surface area is 168 Å². The molecule has 0 unspecified atom stereocenters. The van der Waals surface area contributed by atoms with E-state index in [-0.39, 0.29) is 5.91 Å². The lowest BCUT2D eigenvalue weighted by atomic mass is 10.2. The molecule has 144 valence electrons. The van der Waals surface area contributed by atoms with E-state index in [4.69, 9.17) is 9.47 Å². The summed E-state index contributed by atoms with van der Waals surface area (Å²) in [5.74, 6) is 1.37. The van der Waals surface area contributed by atoms with Crippen molar-refractivity contribution < 1.29 is 14.3 Å². The molecule has 1 N–H and O–H groups in total. The van der Waals surface area contributed by atoms with Gasteiger partial charge in [0.05, 0.1) is 19.4 Å². The van der Waals surface area contributed by atoms with Gasteiger partial charge in [0.25, 0.3) is 0 Å². The predicted octanol–water partition coefficient (Wildman–Crippen LogP) is 5.26. The number of ether oxygens (including phenoxy) is 2. The molecule has 2 aromatic carbocycles. The number of rotatable bonds is 8. The minimum atomic E-state index is -0.226. The highest BCUT2D eigenvalue weighted by Crippen LogP contribution is 2.26. The molecule has 0 saturated carbocycles.